The molecular formula is C13H23NO2. The van der Waals surface area contributed by atoms with Crippen molar-refractivity contribution < 1.29 is 9.15 Å². The summed E-state index contributed by atoms with van der Waals surface area (Å²) in [6, 6.07) is 2.25. The zero-order valence-corrected chi connectivity index (χ0v) is 10.5. The van der Waals surface area contributed by atoms with Crippen molar-refractivity contribution in [1.29, 1.82) is 0 Å². The molecule has 3 nitrogen and oxygen atoms in total. The van der Waals surface area contributed by atoms with Crippen LogP contribution in [0, 0.1) is 0 Å². The molecule has 1 heterocycles. The van der Waals surface area contributed by atoms with Crippen molar-refractivity contribution in [3.05, 3.63) is 24.2 Å². The highest BCUT2D eigenvalue weighted by atomic mass is 16.5. The molecule has 0 aliphatic heterocycles. The lowest BCUT2D eigenvalue weighted by Gasteiger charge is -2.26. The van der Waals surface area contributed by atoms with Crippen LogP contribution in [-0.2, 0) is 4.74 Å². The summed E-state index contributed by atoms with van der Waals surface area (Å²) in [5.74, 6) is 0. The van der Waals surface area contributed by atoms with Crippen molar-refractivity contribution in [2.24, 2.45) is 0 Å². The second-order valence-corrected chi connectivity index (χ2v) is 4.05. The lowest BCUT2D eigenvalue weighted by Crippen LogP contribution is -2.33. The monoisotopic (exact) mass is 225 g/mol. The Balaban J connectivity index is 2.68. The largest absolute Gasteiger partial charge is 0.472 e. The van der Waals surface area contributed by atoms with Gasteiger partial charge in [-0.25, -0.2) is 0 Å². The number of hydrogen-bond acceptors (Lipinski definition) is 3. The molecule has 0 bridgehead atoms. The van der Waals surface area contributed by atoms with Gasteiger partial charge in [0.05, 0.1) is 24.7 Å². The van der Waals surface area contributed by atoms with Gasteiger partial charge in [0.15, 0.2) is 0 Å². The van der Waals surface area contributed by atoms with Crippen LogP contribution in [0.5, 0.6) is 0 Å². The topological polar surface area (TPSA) is 34.4 Å². The maximum atomic E-state index is 5.57. The summed E-state index contributed by atoms with van der Waals surface area (Å²) in [5, 5.41) is 3.52. The first-order valence-electron chi connectivity index (χ1n) is 6.11. The maximum Gasteiger partial charge on any atom is 0.0951 e. The minimum Gasteiger partial charge on any atom is -0.472 e. The highest BCUT2D eigenvalue weighted by Gasteiger charge is 2.22. The normalized spacial score (nSPS) is 14.9. The zero-order valence-electron chi connectivity index (χ0n) is 10.5. The van der Waals surface area contributed by atoms with E-state index in [2.05, 4.69) is 19.2 Å². The van der Waals surface area contributed by atoms with E-state index in [4.69, 9.17) is 9.15 Å². The van der Waals surface area contributed by atoms with Gasteiger partial charge in [0.1, 0.15) is 0 Å². The summed E-state index contributed by atoms with van der Waals surface area (Å²) in [7, 11) is 1.78. The van der Waals surface area contributed by atoms with Crippen LogP contribution in [-0.4, -0.2) is 19.8 Å². The molecule has 2 unspecified atom stereocenters. The quantitative estimate of drug-likeness (QED) is 0.738. The Bertz CT molecular complexity index is 259. The number of nitrogens with one attached hydrogen (secondary N) is 1. The molecule has 0 saturated heterocycles. The molecule has 0 aromatic carbocycles. The van der Waals surface area contributed by atoms with Crippen LogP contribution in [0.2, 0.25) is 0 Å². The van der Waals surface area contributed by atoms with Gasteiger partial charge in [-0.2, -0.15) is 0 Å². The summed E-state index contributed by atoms with van der Waals surface area (Å²) in [6.07, 6.45) is 7.04. The molecule has 0 amide bonds. The molecule has 1 aromatic rings. The van der Waals surface area contributed by atoms with Gasteiger partial charge in [0, 0.05) is 12.7 Å². The Morgan fingerprint density at radius 3 is 2.69 bits per heavy atom. The van der Waals surface area contributed by atoms with Gasteiger partial charge < -0.3 is 14.5 Å². The lowest BCUT2D eigenvalue weighted by atomic mass is 10.0. The van der Waals surface area contributed by atoms with Crippen LogP contribution in [0.15, 0.2) is 23.0 Å². The van der Waals surface area contributed by atoms with Crippen LogP contribution >= 0.6 is 0 Å². The summed E-state index contributed by atoms with van der Waals surface area (Å²) in [5.41, 5.74) is 1.17. The molecule has 0 aliphatic carbocycles. The summed E-state index contributed by atoms with van der Waals surface area (Å²) in [4.78, 5) is 0. The van der Waals surface area contributed by atoms with Gasteiger partial charge in [-0.15, -0.1) is 0 Å². The van der Waals surface area contributed by atoms with E-state index in [0.717, 1.165) is 25.8 Å². The fourth-order valence-electron chi connectivity index (χ4n) is 1.92. The van der Waals surface area contributed by atoms with E-state index in [-0.39, 0.29) is 12.1 Å². The first kappa shape index (κ1) is 13.3. The average Bonchev–Trinajstić information content (AvgIpc) is 2.81. The Hall–Kier alpha value is -0.800. The molecule has 92 valence electrons. The SMILES string of the molecule is CCCNC(c1ccoc1)C(CCC)OC. The van der Waals surface area contributed by atoms with Gasteiger partial charge in [-0.05, 0) is 25.5 Å². The molecule has 1 aromatic heterocycles. The first-order valence-corrected chi connectivity index (χ1v) is 6.11. The number of hydrogen-bond donors (Lipinski definition) is 1. The van der Waals surface area contributed by atoms with Gasteiger partial charge in [0.25, 0.3) is 0 Å². The van der Waals surface area contributed by atoms with Gasteiger partial charge >= 0.3 is 0 Å². The lowest BCUT2D eigenvalue weighted by molar-refractivity contribution is 0.0604. The van der Waals surface area contributed by atoms with E-state index >= 15 is 0 Å². The summed E-state index contributed by atoms with van der Waals surface area (Å²) in [6.45, 7) is 5.35. The van der Waals surface area contributed by atoms with Crippen molar-refractivity contribution >= 4 is 0 Å². The van der Waals surface area contributed by atoms with Gasteiger partial charge in [0.2, 0.25) is 0 Å². The Kier molecular flexibility index (Phi) is 6.19. The third-order valence-corrected chi connectivity index (χ3v) is 2.76. The standard InChI is InChI=1S/C13H23NO2/c1-4-6-12(15-3)13(14-8-5-2)11-7-9-16-10-11/h7,9-10,12-14H,4-6,8H2,1-3H3. The molecule has 1 rings (SSSR count). The third-order valence-electron chi connectivity index (χ3n) is 2.76. The van der Waals surface area contributed by atoms with Crippen LogP contribution < -0.4 is 5.32 Å². The molecule has 0 fully saturated rings. The number of rotatable bonds is 8. The van der Waals surface area contributed by atoms with Crippen LogP contribution in [0.1, 0.15) is 44.7 Å². The third kappa shape index (κ3) is 3.65. The fraction of sp³-hybridized carbons (Fsp3) is 0.692. The van der Waals surface area contributed by atoms with Crippen molar-refractivity contribution in [3.8, 4) is 0 Å². The van der Waals surface area contributed by atoms with Crippen LogP contribution in [0.4, 0.5) is 0 Å². The minimum absolute atomic E-state index is 0.217. The predicted molar refractivity (Wildman–Crippen MR) is 65.4 cm³/mol. The molecule has 0 aliphatic rings. The molecule has 16 heavy (non-hydrogen) atoms. The Morgan fingerprint density at radius 1 is 1.38 bits per heavy atom. The highest BCUT2D eigenvalue weighted by molar-refractivity contribution is 5.13. The van der Waals surface area contributed by atoms with E-state index in [9.17, 15) is 0 Å². The van der Waals surface area contributed by atoms with Gasteiger partial charge in [-0.3, -0.25) is 0 Å². The van der Waals surface area contributed by atoms with Crippen LogP contribution in [0.3, 0.4) is 0 Å². The van der Waals surface area contributed by atoms with E-state index in [1.165, 1.54) is 5.56 Å². The zero-order chi connectivity index (χ0) is 11.8. The summed E-state index contributed by atoms with van der Waals surface area (Å²) < 4.78 is 10.7. The molecule has 2 atom stereocenters. The van der Waals surface area contributed by atoms with Crippen molar-refractivity contribution in [1.82, 2.24) is 5.32 Å². The second-order valence-electron chi connectivity index (χ2n) is 4.05. The fourth-order valence-corrected chi connectivity index (χ4v) is 1.92. The molecule has 3 heteroatoms. The maximum absolute atomic E-state index is 5.57. The average molecular weight is 225 g/mol. The molecule has 0 radical (unpaired) electrons. The molecular weight excluding hydrogens is 202 g/mol. The smallest absolute Gasteiger partial charge is 0.0951 e. The molecule has 0 spiro atoms. The van der Waals surface area contributed by atoms with Crippen molar-refractivity contribution in [3.63, 3.8) is 0 Å². The predicted octanol–water partition coefficient (Wildman–Crippen LogP) is 3.14. The number of ether oxygens (including phenoxy) is 1. The van der Waals surface area contributed by atoms with E-state index in [0.29, 0.717) is 0 Å². The van der Waals surface area contributed by atoms with E-state index in [1.807, 2.05) is 6.07 Å². The Morgan fingerprint density at radius 2 is 2.19 bits per heavy atom. The number of methoxy groups -OCH3 is 1. The van der Waals surface area contributed by atoms with Crippen LogP contribution in [0.25, 0.3) is 0 Å². The molecule has 1 N–H and O–H groups in total. The van der Waals surface area contributed by atoms with Crippen molar-refractivity contribution in [2.45, 2.75) is 45.3 Å². The van der Waals surface area contributed by atoms with E-state index in [1.54, 1.807) is 19.6 Å². The van der Waals surface area contributed by atoms with Gasteiger partial charge in [-0.1, -0.05) is 20.3 Å². The number of furan rings is 1. The highest BCUT2D eigenvalue weighted by Crippen LogP contribution is 2.22. The first-order chi connectivity index (χ1) is 7.83. The van der Waals surface area contributed by atoms with E-state index < -0.39 is 0 Å². The van der Waals surface area contributed by atoms with Crippen molar-refractivity contribution in [2.75, 3.05) is 13.7 Å². The Labute approximate surface area is 98.2 Å². The minimum atomic E-state index is 0.217. The summed E-state index contributed by atoms with van der Waals surface area (Å²) >= 11 is 0. The molecule has 0 saturated carbocycles. The second kappa shape index (κ2) is 7.47.